The Labute approximate surface area is 48.2 Å². The zero-order chi connectivity index (χ0) is 6.57. The highest BCUT2D eigenvalue weighted by Crippen LogP contribution is 2.14. The van der Waals surface area contributed by atoms with E-state index in [2.05, 4.69) is 0 Å². The van der Waals surface area contributed by atoms with E-state index in [-0.39, 0.29) is 12.2 Å². The van der Waals surface area contributed by atoms with Crippen LogP contribution in [0.2, 0.25) is 0 Å². The molecule has 0 saturated carbocycles. The van der Waals surface area contributed by atoms with Crippen molar-refractivity contribution in [2.24, 2.45) is 5.92 Å². The molecule has 1 atom stereocenters. The van der Waals surface area contributed by atoms with Crippen LogP contribution >= 0.6 is 0 Å². The lowest BCUT2D eigenvalue weighted by Crippen LogP contribution is -1.90. The minimum absolute atomic E-state index is 0.0220. The second-order valence-corrected chi connectivity index (χ2v) is 1.80. The predicted molar refractivity (Wildman–Crippen MR) is 29.8 cm³/mol. The van der Waals surface area contributed by atoms with Crippen molar-refractivity contribution in [1.82, 2.24) is 0 Å². The molecule has 0 nitrogen and oxygen atoms in total. The monoisotopic (exact) mass is 120 g/mol. The van der Waals surface area contributed by atoms with Crippen molar-refractivity contribution in [1.29, 1.82) is 0 Å². The van der Waals surface area contributed by atoms with Crippen LogP contribution < -0.4 is 0 Å². The molecule has 2 heteroatoms. The highest BCUT2D eigenvalue weighted by molar-refractivity contribution is 4.89. The second-order valence-electron chi connectivity index (χ2n) is 1.80. The molecule has 0 amide bonds. The molecule has 0 bridgehead atoms. The average Bonchev–Trinajstić information content (AvgIpc) is 1.84. The first-order chi connectivity index (χ1) is 3.72. The summed E-state index contributed by atoms with van der Waals surface area (Å²) >= 11 is 0. The maximum Gasteiger partial charge on any atom is 0.131 e. The lowest BCUT2D eigenvalue weighted by atomic mass is 10.1. The van der Waals surface area contributed by atoms with E-state index in [0.717, 1.165) is 0 Å². The summed E-state index contributed by atoms with van der Waals surface area (Å²) in [4.78, 5) is 0. The lowest BCUT2D eigenvalue weighted by Gasteiger charge is -2.00. The number of hydrogen-bond donors (Lipinski definition) is 0. The first-order valence-corrected chi connectivity index (χ1v) is 2.68. The van der Waals surface area contributed by atoms with Gasteiger partial charge in [0.05, 0.1) is 0 Å². The van der Waals surface area contributed by atoms with Gasteiger partial charge in [0.15, 0.2) is 0 Å². The molecule has 8 heavy (non-hydrogen) atoms. The Morgan fingerprint density at radius 1 is 1.75 bits per heavy atom. The van der Waals surface area contributed by atoms with Crippen LogP contribution in [0, 0.1) is 5.92 Å². The third-order valence-electron chi connectivity index (χ3n) is 1.19. The third kappa shape index (κ3) is 2.05. The van der Waals surface area contributed by atoms with Crippen LogP contribution in [0.5, 0.6) is 0 Å². The Bertz CT molecular complexity index is 86.5. The zero-order valence-corrected chi connectivity index (χ0v) is 5.12. The first-order valence-electron chi connectivity index (χ1n) is 2.68. The van der Waals surface area contributed by atoms with E-state index in [0.29, 0.717) is 6.42 Å². The molecule has 0 saturated heterocycles. The minimum atomic E-state index is -0.660. The molecule has 0 aliphatic rings. The molecule has 0 spiro atoms. The predicted octanol–water partition coefficient (Wildman–Crippen LogP) is 2.81. The van der Waals surface area contributed by atoms with E-state index in [1.807, 2.05) is 6.92 Å². The molecule has 0 heterocycles. The van der Waals surface area contributed by atoms with Crippen LogP contribution in [0.3, 0.4) is 0 Å². The molecule has 0 rings (SSSR count). The van der Waals surface area contributed by atoms with Crippen molar-refractivity contribution >= 4 is 0 Å². The third-order valence-corrected chi connectivity index (χ3v) is 1.19. The molecule has 0 radical (unpaired) electrons. The van der Waals surface area contributed by atoms with Gasteiger partial charge in [-0.3, -0.25) is 0 Å². The molecule has 0 N–H and O–H groups in total. The highest BCUT2D eigenvalue weighted by atomic mass is 19.2. The molecule has 0 aliphatic carbocycles. The fraction of sp³-hybridized carbons (Fsp3) is 0.667. The standard InChI is InChI=1S/C6H10F2/c1-3-5(2)6(8)4-7/h4-5H,3H2,1-2H3/b6-4+. The summed E-state index contributed by atoms with van der Waals surface area (Å²) in [6.07, 6.45) is 0.667. The second kappa shape index (κ2) is 3.58. The topological polar surface area (TPSA) is 0 Å². The highest BCUT2D eigenvalue weighted by Gasteiger charge is 2.03. The summed E-state index contributed by atoms with van der Waals surface area (Å²) in [5.41, 5.74) is 0. The maximum atomic E-state index is 12.0. The molecule has 0 aromatic rings. The van der Waals surface area contributed by atoms with Gasteiger partial charge in [-0.1, -0.05) is 13.8 Å². The van der Waals surface area contributed by atoms with Gasteiger partial charge in [-0.15, -0.1) is 0 Å². The Balaban J connectivity index is 3.63. The van der Waals surface area contributed by atoms with Crippen LogP contribution in [0.15, 0.2) is 12.2 Å². The van der Waals surface area contributed by atoms with E-state index >= 15 is 0 Å². The summed E-state index contributed by atoms with van der Waals surface area (Å²) in [5.74, 6) is -0.924. The lowest BCUT2D eigenvalue weighted by molar-refractivity contribution is 0.459. The van der Waals surface area contributed by atoms with Crippen molar-refractivity contribution in [3.05, 3.63) is 12.2 Å². The SMILES string of the molecule is CCC(C)/C(F)=C\F. The molecule has 1 unspecified atom stereocenters. The van der Waals surface area contributed by atoms with Gasteiger partial charge in [0.1, 0.15) is 12.2 Å². The number of halogens is 2. The van der Waals surface area contributed by atoms with Crippen molar-refractivity contribution in [2.75, 3.05) is 0 Å². The fourth-order valence-electron chi connectivity index (χ4n) is 0.303. The maximum absolute atomic E-state index is 12.0. The quantitative estimate of drug-likeness (QED) is 0.525. The van der Waals surface area contributed by atoms with Gasteiger partial charge in [-0.05, 0) is 6.42 Å². The van der Waals surface area contributed by atoms with Crippen molar-refractivity contribution in [2.45, 2.75) is 20.3 Å². The molecule has 0 fully saturated rings. The van der Waals surface area contributed by atoms with E-state index in [1.54, 1.807) is 6.92 Å². The van der Waals surface area contributed by atoms with E-state index in [4.69, 9.17) is 0 Å². The number of rotatable bonds is 2. The molecular weight excluding hydrogens is 110 g/mol. The summed E-state index contributed by atoms with van der Waals surface area (Å²) in [5, 5.41) is 0. The van der Waals surface area contributed by atoms with E-state index in [1.165, 1.54) is 0 Å². The number of allylic oxidation sites excluding steroid dienone is 1. The van der Waals surface area contributed by atoms with Gasteiger partial charge in [0.2, 0.25) is 0 Å². The Morgan fingerprint density at radius 2 is 2.25 bits per heavy atom. The van der Waals surface area contributed by atoms with Crippen molar-refractivity contribution in [3.63, 3.8) is 0 Å². The number of hydrogen-bond acceptors (Lipinski definition) is 0. The van der Waals surface area contributed by atoms with Gasteiger partial charge in [0, 0.05) is 5.92 Å². The summed E-state index contributed by atoms with van der Waals surface area (Å²) in [6.45, 7) is 3.46. The van der Waals surface area contributed by atoms with Crippen LogP contribution in [-0.4, -0.2) is 0 Å². The fourth-order valence-corrected chi connectivity index (χ4v) is 0.303. The van der Waals surface area contributed by atoms with Crippen LogP contribution in [0.1, 0.15) is 20.3 Å². The Kier molecular flexibility index (Phi) is 3.40. The van der Waals surface area contributed by atoms with Gasteiger partial charge in [-0.25, -0.2) is 8.78 Å². The van der Waals surface area contributed by atoms with Gasteiger partial charge < -0.3 is 0 Å². The average molecular weight is 120 g/mol. The molecule has 0 aromatic heterocycles. The summed E-state index contributed by atoms with van der Waals surface area (Å²) < 4.78 is 23.3. The Morgan fingerprint density at radius 3 is 2.38 bits per heavy atom. The minimum Gasteiger partial charge on any atom is -0.213 e. The largest absolute Gasteiger partial charge is 0.213 e. The molecule has 48 valence electrons. The van der Waals surface area contributed by atoms with Crippen LogP contribution in [0.25, 0.3) is 0 Å². The van der Waals surface area contributed by atoms with Crippen LogP contribution in [-0.2, 0) is 0 Å². The van der Waals surface area contributed by atoms with Gasteiger partial charge >= 0.3 is 0 Å². The Hall–Kier alpha value is -0.400. The van der Waals surface area contributed by atoms with Crippen molar-refractivity contribution in [3.8, 4) is 0 Å². The van der Waals surface area contributed by atoms with E-state index in [9.17, 15) is 8.78 Å². The van der Waals surface area contributed by atoms with Crippen molar-refractivity contribution < 1.29 is 8.78 Å². The molecular formula is C6H10F2. The van der Waals surface area contributed by atoms with E-state index < -0.39 is 5.83 Å². The van der Waals surface area contributed by atoms with Crippen LogP contribution in [0.4, 0.5) is 8.78 Å². The van der Waals surface area contributed by atoms with Gasteiger partial charge in [0.25, 0.3) is 0 Å². The first kappa shape index (κ1) is 7.60. The molecule has 0 aromatic carbocycles. The zero-order valence-electron chi connectivity index (χ0n) is 5.12. The summed E-state index contributed by atoms with van der Waals surface area (Å²) in [6, 6.07) is 0. The molecule has 0 aliphatic heterocycles. The summed E-state index contributed by atoms with van der Waals surface area (Å²) in [7, 11) is 0. The van der Waals surface area contributed by atoms with Gasteiger partial charge in [-0.2, -0.15) is 0 Å². The normalized spacial score (nSPS) is 16.2. The smallest absolute Gasteiger partial charge is 0.131 e.